The van der Waals surface area contributed by atoms with E-state index in [1.807, 2.05) is 6.08 Å². The Morgan fingerprint density at radius 1 is 1.40 bits per heavy atom. The Balaban J connectivity index is 2.75. The second kappa shape index (κ2) is 3.71. The Morgan fingerprint density at radius 3 is 3.00 bits per heavy atom. The van der Waals surface area contributed by atoms with Gasteiger partial charge in [0.1, 0.15) is 5.83 Å². The van der Waals surface area contributed by atoms with Gasteiger partial charge in [-0.1, -0.05) is 22.0 Å². The average Bonchev–Trinajstić information content (AvgIpc) is 1.90. The molecule has 10 heavy (non-hydrogen) atoms. The summed E-state index contributed by atoms with van der Waals surface area (Å²) in [6.45, 7) is 0. The summed E-state index contributed by atoms with van der Waals surface area (Å²) in [6, 6.07) is 0. The molecule has 0 N–H and O–H groups in total. The van der Waals surface area contributed by atoms with Gasteiger partial charge in [0.25, 0.3) is 0 Å². The first kappa shape index (κ1) is 7.73. The van der Waals surface area contributed by atoms with Crippen molar-refractivity contribution in [2.45, 2.75) is 12.8 Å². The van der Waals surface area contributed by atoms with E-state index in [1.165, 1.54) is 12.2 Å². The molecule has 0 unspecified atom stereocenters. The highest BCUT2D eigenvalue weighted by Gasteiger charge is 1.93. The number of hydrogen-bond acceptors (Lipinski definition) is 0. The maximum absolute atomic E-state index is 12.5. The van der Waals surface area contributed by atoms with Crippen LogP contribution >= 0.6 is 15.9 Å². The topological polar surface area (TPSA) is 0 Å². The first-order valence-corrected chi connectivity index (χ1v) is 3.97. The third kappa shape index (κ3) is 2.48. The first-order chi connectivity index (χ1) is 4.79. The van der Waals surface area contributed by atoms with E-state index in [9.17, 15) is 4.39 Å². The Bertz CT molecular complexity index is 201. The number of allylic oxidation sites excluding steroid dienone is 6. The Labute approximate surface area is 68.3 Å². The summed E-state index contributed by atoms with van der Waals surface area (Å²) in [6.07, 6.45) is 8.40. The van der Waals surface area contributed by atoms with Gasteiger partial charge in [0.2, 0.25) is 0 Å². The normalized spacial score (nSPS) is 32.6. The first-order valence-electron chi connectivity index (χ1n) is 3.17. The fourth-order valence-corrected chi connectivity index (χ4v) is 1.09. The number of halogens is 2. The zero-order chi connectivity index (χ0) is 7.40. The highest BCUT2D eigenvalue weighted by molar-refractivity contribution is 9.11. The van der Waals surface area contributed by atoms with E-state index < -0.39 is 0 Å². The molecule has 1 aliphatic carbocycles. The van der Waals surface area contributed by atoms with Crippen LogP contribution in [0.25, 0.3) is 0 Å². The van der Waals surface area contributed by atoms with Crippen molar-refractivity contribution < 1.29 is 4.39 Å². The van der Waals surface area contributed by atoms with Crippen LogP contribution in [0, 0.1) is 0 Å². The second-order valence-corrected chi connectivity index (χ2v) is 3.12. The zero-order valence-corrected chi connectivity index (χ0v) is 7.07. The third-order valence-corrected chi connectivity index (χ3v) is 1.91. The Kier molecular flexibility index (Phi) is 2.87. The molecule has 0 nitrogen and oxygen atoms in total. The van der Waals surface area contributed by atoms with E-state index in [2.05, 4.69) is 15.9 Å². The molecule has 1 rings (SSSR count). The minimum atomic E-state index is -0.184. The van der Waals surface area contributed by atoms with E-state index in [4.69, 9.17) is 0 Å². The Hall–Kier alpha value is -0.370. The molecule has 0 bridgehead atoms. The molecule has 0 saturated heterocycles. The molecule has 54 valence electrons. The smallest absolute Gasteiger partial charge is 0.122 e. The third-order valence-electron chi connectivity index (χ3n) is 1.25. The SMILES string of the molecule is FC1=C/C=C(/Br)CC/C=C\1. The van der Waals surface area contributed by atoms with E-state index in [0.29, 0.717) is 0 Å². The van der Waals surface area contributed by atoms with Crippen LogP contribution in [0.3, 0.4) is 0 Å². The molecular weight excluding hydrogens is 195 g/mol. The van der Waals surface area contributed by atoms with Crippen molar-refractivity contribution in [2.24, 2.45) is 0 Å². The van der Waals surface area contributed by atoms with Gasteiger partial charge in [0, 0.05) is 0 Å². The van der Waals surface area contributed by atoms with Crippen LogP contribution in [0.1, 0.15) is 12.8 Å². The molecule has 1 aliphatic rings. The number of hydrogen-bond donors (Lipinski definition) is 0. The summed E-state index contributed by atoms with van der Waals surface area (Å²) in [7, 11) is 0. The van der Waals surface area contributed by atoms with E-state index in [-0.39, 0.29) is 5.83 Å². The van der Waals surface area contributed by atoms with Crippen molar-refractivity contribution in [3.8, 4) is 0 Å². The molecule has 0 heterocycles. The quantitative estimate of drug-likeness (QED) is 0.565. The largest absolute Gasteiger partial charge is 0.207 e. The van der Waals surface area contributed by atoms with Crippen LogP contribution in [-0.4, -0.2) is 0 Å². The molecule has 0 radical (unpaired) electrons. The van der Waals surface area contributed by atoms with Gasteiger partial charge < -0.3 is 0 Å². The van der Waals surface area contributed by atoms with Gasteiger partial charge in [0.15, 0.2) is 0 Å². The summed E-state index contributed by atoms with van der Waals surface area (Å²) in [5.74, 6) is -0.184. The average molecular weight is 203 g/mol. The lowest BCUT2D eigenvalue weighted by Crippen LogP contribution is -1.75. The van der Waals surface area contributed by atoms with Crippen LogP contribution in [0.2, 0.25) is 0 Å². The van der Waals surface area contributed by atoms with E-state index in [1.54, 1.807) is 6.08 Å². The summed E-state index contributed by atoms with van der Waals surface area (Å²) < 4.78 is 13.6. The molecule has 0 aromatic heterocycles. The molecule has 0 aliphatic heterocycles. The van der Waals surface area contributed by atoms with Crippen LogP contribution in [0.4, 0.5) is 4.39 Å². The minimum Gasteiger partial charge on any atom is -0.207 e. The second-order valence-electron chi connectivity index (χ2n) is 2.11. The van der Waals surface area contributed by atoms with Gasteiger partial charge in [-0.3, -0.25) is 0 Å². The maximum atomic E-state index is 12.5. The van der Waals surface area contributed by atoms with E-state index >= 15 is 0 Å². The fourth-order valence-electron chi connectivity index (χ4n) is 0.726. The fraction of sp³-hybridized carbons (Fsp3) is 0.250. The van der Waals surface area contributed by atoms with Gasteiger partial charge in [-0.25, -0.2) is 4.39 Å². The molecule has 0 aromatic rings. The lowest BCUT2D eigenvalue weighted by atomic mass is 10.2. The van der Waals surface area contributed by atoms with Gasteiger partial charge >= 0.3 is 0 Å². The summed E-state index contributed by atoms with van der Waals surface area (Å²) >= 11 is 3.32. The van der Waals surface area contributed by atoms with Crippen LogP contribution in [0.15, 0.2) is 34.6 Å². The van der Waals surface area contributed by atoms with Crippen molar-refractivity contribution in [2.75, 3.05) is 0 Å². The van der Waals surface area contributed by atoms with Crippen molar-refractivity contribution in [3.05, 3.63) is 34.6 Å². The van der Waals surface area contributed by atoms with Crippen LogP contribution < -0.4 is 0 Å². The van der Waals surface area contributed by atoms with Crippen LogP contribution in [0.5, 0.6) is 0 Å². The van der Waals surface area contributed by atoms with Crippen LogP contribution in [-0.2, 0) is 0 Å². The Morgan fingerprint density at radius 2 is 2.20 bits per heavy atom. The summed E-state index contributed by atoms with van der Waals surface area (Å²) in [5, 5.41) is 0. The monoisotopic (exact) mass is 202 g/mol. The van der Waals surface area contributed by atoms with Gasteiger partial charge in [0.05, 0.1) is 0 Å². The molecule has 0 aromatic carbocycles. The number of rotatable bonds is 0. The highest BCUT2D eigenvalue weighted by atomic mass is 79.9. The van der Waals surface area contributed by atoms with Gasteiger partial charge in [-0.05, 0) is 35.6 Å². The molecule has 0 saturated carbocycles. The molecule has 0 amide bonds. The molecule has 2 heteroatoms. The zero-order valence-electron chi connectivity index (χ0n) is 5.48. The lowest BCUT2D eigenvalue weighted by molar-refractivity contribution is 0.665. The molecular formula is C8H8BrF. The predicted molar refractivity (Wildman–Crippen MR) is 44.6 cm³/mol. The lowest BCUT2D eigenvalue weighted by Gasteiger charge is -1.96. The molecule has 0 fully saturated rings. The van der Waals surface area contributed by atoms with Crippen molar-refractivity contribution in [1.29, 1.82) is 0 Å². The van der Waals surface area contributed by atoms with Crippen molar-refractivity contribution in [1.82, 2.24) is 0 Å². The molecule has 0 spiro atoms. The molecule has 0 atom stereocenters. The summed E-state index contributed by atoms with van der Waals surface area (Å²) in [5.41, 5.74) is 0. The van der Waals surface area contributed by atoms with E-state index in [0.717, 1.165) is 17.3 Å². The maximum Gasteiger partial charge on any atom is 0.122 e. The predicted octanol–water partition coefficient (Wildman–Crippen LogP) is 3.47. The summed E-state index contributed by atoms with van der Waals surface area (Å²) in [4.78, 5) is 0. The minimum absolute atomic E-state index is 0.184. The van der Waals surface area contributed by atoms with Crippen molar-refractivity contribution in [3.63, 3.8) is 0 Å². The highest BCUT2D eigenvalue weighted by Crippen LogP contribution is 2.16. The van der Waals surface area contributed by atoms with Gasteiger partial charge in [-0.15, -0.1) is 0 Å². The van der Waals surface area contributed by atoms with Gasteiger partial charge in [-0.2, -0.15) is 0 Å². The standard InChI is InChI=1S/C8H8BrF/c9-7-3-1-2-4-8(10)6-5-7/h2,4-6H,1,3H2/b4-2-,7-5+,8-6+. The van der Waals surface area contributed by atoms with Crippen molar-refractivity contribution >= 4 is 15.9 Å².